The Kier molecular flexibility index (Phi) is 20.2. The van der Waals surface area contributed by atoms with E-state index in [-0.39, 0.29) is 85.5 Å². The summed E-state index contributed by atoms with van der Waals surface area (Å²) < 4.78 is 24.3. The van der Waals surface area contributed by atoms with Crippen LogP contribution in [-0.4, -0.2) is 54.5 Å². The first-order valence-electron chi connectivity index (χ1n) is 23.5. The molecule has 6 aromatic rings. The third-order valence-corrected chi connectivity index (χ3v) is 12.9. The van der Waals surface area contributed by atoms with Gasteiger partial charge in [-0.15, -0.1) is 0 Å². The maximum Gasteiger partial charge on any atom is 0.204 e. The van der Waals surface area contributed by atoms with Crippen LogP contribution in [0.25, 0.3) is 43.9 Å². The van der Waals surface area contributed by atoms with E-state index < -0.39 is 12.0 Å². The Labute approximate surface area is 425 Å². The fourth-order valence-electron chi connectivity index (χ4n) is 7.98. The molecule has 0 bridgehead atoms. The molecule has 2 heterocycles. The highest BCUT2D eigenvalue weighted by atomic mass is 79.9. The molecule has 12 nitrogen and oxygen atoms in total. The minimum Gasteiger partial charge on any atom is -0.507 e. The van der Waals surface area contributed by atoms with Gasteiger partial charge in [-0.1, -0.05) is 78.5 Å². The van der Waals surface area contributed by atoms with Gasteiger partial charge >= 0.3 is 0 Å². The Morgan fingerprint density at radius 1 is 0.471 bits per heavy atom. The molecule has 0 spiro atoms. The summed E-state index contributed by atoms with van der Waals surface area (Å²) in [5.74, 6) is 0.182. The molecule has 6 rings (SSSR count). The SMILES string of the molecule is CC(C)=CCc1c(O)cc2oc3cc(O)c(CO)c(CC=C(C)C)c3c(=O)c2c1O.CC(C)=CCc1c(OCCCCBr)cc2oc3cc(OCCCCBr)c(CO)c(CC=C(C)C)c3c(=O)c2c1O. The number of ether oxygens (including phenoxy) is 2. The van der Waals surface area contributed by atoms with Gasteiger partial charge in [0.15, 0.2) is 0 Å². The van der Waals surface area contributed by atoms with Crippen molar-refractivity contribution in [1.82, 2.24) is 0 Å². The van der Waals surface area contributed by atoms with Gasteiger partial charge in [0.25, 0.3) is 0 Å². The standard InChI is InChI=1S/C32H40Br2O6.C24H26O6/c1-20(2)9-11-22-24(19-35)26(39-16-8-6-14-34)18-27-29(22)32(37)30-28(40-27)17-25(38-15-7-5-13-33)23(31(30)36)12-10-21(3)4;1-12(2)5-7-14-16(11-25)18(27)10-19-21(14)24(29)22-20(30-19)9-17(26)15(23(22)28)8-6-13(3)4/h9-10,17-18,35-36H,5-8,11-16,19H2,1-4H3;5-6,9-10,25-28H,7-8,11H2,1-4H3. The predicted octanol–water partition coefficient (Wildman–Crippen LogP) is 12.8. The molecule has 0 unspecified atom stereocenters. The van der Waals surface area contributed by atoms with Gasteiger partial charge in [0, 0.05) is 57.2 Å². The quantitative estimate of drug-likeness (QED) is 0.0183. The highest BCUT2D eigenvalue weighted by molar-refractivity contribution is 9.09. The van der Waals surface area contributed by atoms with Crippen LogP contribution in [0.3, 0.4) is 0 Å². The van der Waals surface area contributed by atoms with Crippen molar-refractivity contribution < 1.29 is 48.9 Å². The number of unbranched alkanes of at least 4 members (excludes halogenated alkanes) is 2. The van der Waals surface area contributed by atoms with Crippen LogP contribution >= 0.6 is 31.9 Å². The fraction of sp³-hybridized carbons (Fsp3) is 0.393. The van der Waals surface area contributed by atoms with Crippen LogP contribution < -0.4 is 20.3 Å². The minimum atomic E-state index is -0.478. The molecule has 6 N–H and O–H groups in total. The first-order valence-corrected chi connectivity index (χ1v) is 25.7. The van der Waals surface area contributed by atoms with Crippen LogP contribution in [0.4, 0.5) is 0 Å². The summed E-state index contributed by atoms with van der Waals surface area (Å²) in [6.45, 7) is 15.8. The molecule has 0 saturated carbocycles. The van der Waals surface area contributed by atoms with Gasteiger partial charge in [0.1, 0.15) is 67.6 Å². The fourth-order valence-corrected chi connectivity index (χ4v) is 8.78. The highest BCUT2D eigenvalue weighted by Gasteiger charge is 2.25. The molecule has 14 heteroatoms. The molecule has 2 aromatic heterocycles. The third-order valence-electron chi connectivity index (χ3n) is 11.7. The Morgan fingerprint density at radius 3 is 1.24 bits per heavy atom. The summed E-state index contributed by atoms with van der Waals surface area (Å²) in [5.41, 5.74) is 6.82. The maximum absolute atomic E-state index is 14.1. The zero-order valence-corrected chi connectivity index (χ0v) is 44.6. The zero-order valence-electron chi connectivity index (χ0n) is 41.4. The third kappa shape index (κ3) is 13.0. The smallest absolute Gasteiger partial charge is 0.204 e. The first-order chi connectivity index (χ1) is 33.4. The summed E-state index contributed by atoms with van der Waals surface area (Å²) in [7, 11) is 0. The van der Waals surface area contributed by atoms with E-state index in [0.717, 1.165) is 58.6 Å². The van der Waals surface area contributed by atoms with Crippen molar-refractivity contribution >= 4 is 75.7 Å². The Morgan fingerprint density at radius 2 is 0.814 bits per heavy atom. The van der Waals surface area contributed by atoms with Gasteiger partial charge < -0.3 is 48.9 Å². The number of aliphatic hydroxyl groups excluding tert-OH is 2. The molecular formula is C56H66Br2O12. The normalized spacial score (nSPS) is 11.1. The summed E-state index contributed by atoms with van der Waals surface area (Å²) in [5, 5.41) is 65.6. The molecule has 4 aromatic carbocycles. The second-order valence-electron chi connectivity index (χ2n) is 18.2. The number of hydrogen-bond donors (Lipinski definition) is 6. The lowest BCUT2D eigenvalue weighted by molar-refractivity contribution is 0.260. The maximum atomic E-state index is 14.1. The molecule has 0 aliphatic rings. The summed E-state index contributed by atoms with van der Waals surface area (Å²) >= 11 is 6.89. The highest BCUT2D eigenvalue weighted by Crippen LogP contribution is 2.41. The van der Waals surface area contributed by atoms with Gasteiger partial charge in [0.2, 0.25) is 10.9 Å². The van der Waals surface area contributed by atoms with Crippen LogP contribution in [0.1, 0.15) is 114 Å². The number of phenolic OH excluding ortho intramolecular Hbond substituents is 3. The number of aromatic hydroxyl groups is 4. The van der Waals surface area contributed by atoms with E-state index in [4.69, 9.17) is 18.3 Å². The lowest BCUT2D eigenvalue weighted by Crippen LogP contribution is -2.11. The van der Waals surface area contributed by atoms with Crippen molar-refractivity contribution in [2.75, 3.05) is 23.9 Å². The van der Waals surface area contributed by atoms with Gasteiger partial charge in [-0.05, 0) is 118 Å². The van der Waals surface area contributed by atoms with E-state index in [2.05, 4.69) is 31.9 Å². The average molecular weight is 1090 g/mol. The molecule has 376 valence electrons. The molecule has 0 radical (unpaired) electrons. The van der Waals surface area contributed by atoms with Crippen LogP contribution in [0.2, 0.25) is 0 Å². The number of rotatable bonds is 20. The largest absolute Gasteiger partial charge is 0.507 e. The monoisotopic (exact) mass is 1090 g/mol. The number of alkyl halides is 2. The first kappa shape index (κ1) is 55.4. The summed E-state index contributed by atoms with van der Waals surface area (Å²) in [6, 6.07) is 5.98. The number of aliphatic hydroxyl groups is 2. The summed E-state index contributed by atoms with van der Waals surface area (Å²) in [6.07, 6.45) is 12.7. The van der Waals surface area contributed by atoms with Crippen molar-refractivity contribution in [2.24, 2.45) is 0 Å². The number of allylic oxidation sites excluding steroid dienone is 8. The molecule has 0 amide bonds. The van der Waals surface area contributed by atoms with E-state index >= 15 is 0 Å². The van der Waals surface area contributed by atoms with Crippen molar-refractivity contribution in [3.8, 4) is 34.5 Å². The Bertz CT molecular complexity index is 3100. The molecule has 0 atom stereocenters. The van der Waals surface area contributed by atoms with Crippen molar-refractivity contribution in [2.45, 2.75) is 120 Å². The number of fused-ring (bicyclic) bond motifs is 4. The topological polar surface area (TPSA) is 200 Å². The van der Waals surface area contributed by atoms with Crippen LogP contribution in [0.15, 0.2) is 89.3 Å². The van der Waals surface area contributed by atoms with Gasteiger partial charge in [-0.3, -0.25) is 9.59 Å². The van der Waals surface area contributed by atoms with E-state index in [1.54, 1.807) is 12.1 Å². The molecule has 70 heavy (non-hydrogen) atoms. The van der Waals surface area contributed by atoms with E-state index in [0.29, 0.717) is 77.2 Å². The van der Waals surface area contributed by atoms with Gasteiger partial charge in [-0.25, -0.2) is 0 Å². The minimum absolute atomic E-state index is 0.0211. The number of hydrogen-bond acceptors (Lipinski definition) is 12. The van der Waals surface area contributed by atoms with E-state index in [1.165, 1.54) is 12.1 Å². The van der Waals surface area contributed by atoms with Crippen LogP contribution in [-0.2, 0) is 38.9 Å². The number of phenols is 4. The van der Waals surface area contributed by atoms with E-state index in [9.17, 15) is 40.2 Å². The van der Waals surface area contributed by atoms with Crippen molar-refractivity contribution in [3.05, 3.63) is 125 Å². The molecule has 0 aliphatic carbocycles. The molecular weight excluding hydrogens is 1020 g/mol. The predicted molar refractivity (Wildman–Crippen MR) is 288 cm³/mol. The van der Waals surface area contributed by atoms with Gasteiger partial charge in [0.05, 0.1) is 37.2 Å². The van der Waals surface area contributed by atoms with Crippen LogP contribution in [0, 0.1) is 0 Å². The number of benzene rings is 4. The Hall–Kier alpha value is -5.54. The lowest BCUT2D eigenvalue weighted by atomic mass is 9.95. The van der Waals surface area contributed by atoms with Gasteiger partial charge in [-0.2, -0.15) is 0 Å². The zero-order chi connectivity index (χ0) is 51.4. The summed E-state index contributed by atoms with van der Waals surface area (Å²) in [4.78, 5) is 27.6. The number of halogens is 2. The van der Waals surface area contributed by atoms with Crippen LogP contribution in [0.5, 0.6) is 34.5 Å². The second kappa shape index (κ2) is 25.5. The molecule has 0 saturated heterocycles. The van der Waals surface area contributed by atoms with Crippen molar-refractivity contribution in [1.29, 1.82) is 0 Å². The average Bonchev–Trinajstić information content (AvgIpc) is 3.29. The molecule has 0 aliphatic heterocycles. The molecule has 0 fully saturated rings. The Balaban J connectivity index is 0.000000271. The lowest BCUT2D eigenvalue weighted by Gasteiger charge is -2.18. The van der Waals surface area contributed by atoms with Crippen molar-refractivity contribution in [3.63, 3.8) is 0 Å². The second-order valence-corrected chi connectivity index (χ2v) is 19.8. The van der Waals surface area contributed by atoms with E-state index in [1.807, 2.05) is 79.7 Å².